The number of sulfonamides is 1. The summed E-state index contributed by atoms with van der Waals surface area (Å²) in [6.07, 6.45) is 0. The number of aryl methyl sites for hydroxylation is 1. The highest BCUT2D eigenvalue weighted by Gasteiger charge is 2.25. The minimum atomic E-state index is -3.53. The van der Waals surface area contributed by atoms with E-state index in [0.717, 1.165) is 0 Å². The third-order valence-electron chi connectivity index (χ3n) is 2.74. The van der Waals surface area contributed by atoms with Crippen LogP contribution in [0.2, 0.25) is 0 Å². The van der Waals surface area contributed by atoms with Crippen molar-refractivity contribution in [2.24, 2.45) is 5.92 Å². The first-order valence-corrected chi connectivity index (χ1v) is 7.86. The molecule has 1 aromatic rings. The average molecular weight is 277 g/mol. The molecule has 0 amide bonds. The van der Waals surface area contributed by atoms with Gasteiger partial charge in [0.05, 0.1) is 11.5 Å². The zero-order valence-electron chi connectivity index (χ0n) is 10.5. The summed E-state index contributed by atoms with van der Waals surface area (Å²) in [7, 11) is -3.53. The molecule has 0 aliphatic rings. The van der Waals surface area contributed by atoms with E-state index in [1.165, 1.54) is 11.3 Å². The van der Waals surface area contributed by atoms with Crippen LogP contribution in [0.1, 0.15) is 31.2 Å². The molecule has 0 fully saturated rings. The van der Waals surface area contributed by atoms with E-state index in [1.54, 1.807) is 12.3 Å². The Balaban J connectivity index is 3.09. The lowest BCUT2D eigenvalue weighted by Crippen LogP contribution is -2.36. The second kappa shape index (κ2) is 5.48. The summed E-state index contributed by atoms with van der Waals surface area (Å²) in [6.45, 7) is 7.25. The highest BCUT2D eigenvalue weighted by molar-refractivity contribution is 7.89. The lowest BCUT2D eigenvalue weighted by atomic mass is 10.1. The van der Waals surface area contributed by atoms with Gasteiger partial charge < -0.3 is 5.11 Å². The zero-order chi connectivity index (χ0) is 13.2. The number of rotatable bonds is 5. The predicted molar refractivity (Wildman–Crippen MR) is 69.6 cm³/mol. The second-order valence-electron chi connectivity index (χ2n) is 4.48. The molecule has 17 heavy (non-hydrogen) atoms. The van der Waals surface area contributed by atoms with Gasteiger partial charge in [-0.3, -0.25) is 0 Å². The Kier molecular flexibility index (Phi) is 4.71. The molecule has 0 radical (unpaired) electrons. The van der Waals surface area contributed by atoms with Crippen LogP contribution >= 0.6 is 11.3 Å². The van der Waals surface area contributed by atoms with Crippen LogP contribution in [0, 0.1) is 12.8 Å². The predicted octanol–water partition coefficient (Wildman–Crippen LogP) is 1.87. The van der Waals surface area contributed by atoms with E-state index < -0.39 is 10.0 Å². The second-order valence-corrected chi connectivity index (χ2v) is 7.10. The fourth-order valence-corrected chi connectivity index (χ4v) is 4.45. The van der Waals surface area contributed by atoms with Gasteiger partial charge in [0.25, 0.3) is 0 Å². The van der Waals surface area contributed by atoms with E-state index in [9.17, 15) is 8.42 Å². The minimum absolute atomic E-state index is 0.133. The first-order valence-electron chi connectivity index (χ1n) is 5.49. The summed E-state index contributed by atoms with van der Waals surface area (Å²) < 4.78 is 27.0. The van der Waals surface area contributed by atoms with Crippen LogP contribution in [0.25, 0.3) is 0 Å². The maximum absolute atomic E-state index is 12.2. The van der Waals surface area contributed by atoms with Crippen LogP contribution < -0.4 is 4.72 Å². The molecule has 98 valence electrons. The largest absolute Gasteiger partial charge is 0.391 e. The number of hydrogen-bond donors (Lipinski definition) is 2. The van der Waals surface area contributed by atoms with Gasteiger partial charge >= 0.3 is 0 Å². The highest BCUT2D eigenvalue weighted by atomic mass is 32.2. The molecular weight excluding hydrogens is 258 g/mol. The van der Waals surface area contributed by atoms with Crippen molar-refractivity contribution < 1.29 is 13.5 Å². The molecule has 0 bridgehead atoms. The van der Waals surface area contributed by atoms with Crippen LogP contribution in [0.4, 0.5) is 0 Å². The Hall–Kier alpha value is -0.430. The van der Waals surface area contributed by atoms with Crippen molar-refractivity contribution in [1.29, 1.82) is 0 Å². The summed E-state index contributed by atoms with van der Waals surface area (Å²) >= 11 is 1.27. The zero-order valence-corrected chi connectivity index (χ0v) is 12.2. The Morgan fingerprint density at radius 2 is 2.00 bits per heavy atom. The molecule has 1 rings (SSSR count). The van der Waals surface area contributed by atoms with Crippen molar-refractivity contribution in [1.82, 2.24) is 4.72 Å². The standard InChI is InChI=1S/C11H19NO3S2/c1-7(2)9(4)12-17(14,15)11-8(3)6-16-10(11)5-13/h6-7,9,12-13H,5H2,1-4H3. The lowest BCUT2D eigenvalue weighted by molar-refractivity contribution is 0.282. The van der Waals surface area contributed by atoms with Gasteiger partial charge in [-0.2, -0.15) is 0 Å². The molecule has 0 saturated heterocycles. The van der Waals surface area contributed by atoms with Crippen molar-refractivity contribution in [3.05, 3.63) is 15.8 Å². The summed E-state index contributed by atoms with van der Waals surface area (Å²) in [4.78, 5) is 0.725. The molecule has 4 nitrogen and oxygen atoms in total. The summed E-state index contributed by atoms with van der Waals surface area (Å²) in [6, 6.07) is -0.133. The maximum atomic E-state index is 12.2. The van der Waals surface area contributed by atoms with Gasteiger partial charge in [0.1, 0.15) is 4.90 Å². The van der Waals surface area contributed by atoms with Crippen molar-refractivity contribution in [3.63, 3.8) is 0 Å². The minimum Gasteiger partial charge on any atom is -0.391 e. The first-order chi connectivity index (χ1) is 7.79. The molecule has 0 aromatic carbocycles. The van der Waals surface area contributed by atoms with Gasteiger partial charge in [-0.1, -0.05) is 13.8 Å². The maximum Gasteiger partial charge on any atom is 0.242 e. The van der Waals surface area contributed by atoms with Crippen molar-refractivity contribution in [2.45, 2.75) is 45.2 Å². The quantitative estimate of drug-likeness (QED) is 0.863. The van der Waals surface area contributed by atoms with Crippen LogP contribution in [0.5, 0.6) is 0 Å². The third-order valence-corrected chi connectivity index (χ3v) is 5.75. The molecule has 0 saturated carbocycles. The van der Waals surface area contributed by atoms with Gasteiger partial charge in [0.15, 0.2) is 0 Å². The Bertz CT molecular complexity index is 477. The van der Waals surface area contributed by atoms with Gasteiger partial charge in [-0.25, -0.2) is 13.1 Å². The number of aliphatic hydroxyl groups is 1. The van der Waals surface area contributed by atoms with Gasteiger partial charge in [-0.05, 0) is 30.7 Å². The molecule has 0 aliphatic heterocycles. The molecule has 1 atom stereocenters. The number of hydrogen-bond acceptors (Lipinski definition) is 4. The van der Waals surface area contributed by atoms with E-state index in [4.69, 9.17) is 5.11 Å². The normalized spacial score (nSPS) is 14.2. The highest BCUT2D eigenvalue weighted by Crippen LogP contribution is 2.27. The summed E-state index contributed by atoms with van der Waals surface area (Å²) in [5.41, 5.74) is 0.683. The van der Waals surface area contributed by atoms with Crippen molar-refractivity contribution in [3.8, 4) is 0 Å². The summed E-state index contributed by atoms with van der Waals surface area (Å²) in [5, 5.41) is 10.9. The Morgan fingerprint density at radius 1 is 1.41 bits per heavy atom. The monoisotopic (exact) mass is 277 g/mol. The van der Waals surface area contributed by atoms with Crippen LogP contribution in [0.3, 0.4) is 0 Å². The van der Waals surface area contributed by atoms with E-state index in [0.29, 0.717) is 10.4 Å². The van der Waals surface area contributed by atoms with Gasteiger partial charge in [0.2, 0.25) is 10.0 Å². The Morgan fingerprint density at radius 3 is 2.47 bits per heavy atom. The van der Waals surface area contributed by atoms with Crippen LogP contribution in [-0.4, -0.2) is 19.6 Å². The van der Waals surface area contributed by atoms with E-state index in [1.807, 2.05) is 20.8 Å². The molecule has 1 unspecified atom stereocenters. The van der Waals surface area contributed by atoms with E-state index in [-0.39, 0.29) is 23.5 Å². The molecule has 0 spiro atoms. The molecular formula is C11H19NO3S2. The van der Waals surface area contributed by atoms with Crippen molar-refractivity contribution >= 4 is 21.4 Å². The fourth-order valence-electron chi connectivity index (χ4n) is 1.40. The smallest absolute Gasteiger partial charge is 0.242 e. The molecule has 0 aliphatic carbocycles. The topological polar surface area (TPSA) is 66.4 Å². The molecule has 2 N–H and O–H groups in total. The van der Waals surface area contributed by atoms with E-state index in [2.05, 4.69) is 4.72 Å². The average Bonchev–Trinajstić information content (AvgIpc) is 2.59. The van der Waals surface area contributed by atoms with Gasteiger partial charge in [-0.15, -0.1) is 11.3 Å². The van der Waals surface area contributed by atoms with Crippen LogP contribution in [0.15, 0.2) is 10.3 Å². The third kappa shape index (κ3) is 3.28. The Labute approximate surface area is 107 Å². The number of thiophene rings is 1. The van der Waals surface area contributed by atoms with Gasteiger partial charge in [0, 0.05) is 6.04 Å². The van der Waals surface area contributed by atoms with E-state index >= 15 is 0 Å². The molecule has 1 heterocycles. The molecule has 6 heteroatoms. The number of aliphatic hydroxyl groups excluding tert-OH is 1. The summed E-state index contributed by atoms with van der Waals surface area (Å²) in [5.74, 6) is 0.223. The first kappa shape index (κ1) is 14.6. The molecule has 1 aromatic heterocycles. The van der Waals surface area contributed by atoms with Crippen LogP contribution in [-0.2, 0) is 16.6 Å². The number of nitrogens with one attached hydrogen (secondary N) is 1. The SMILES string of the molecule is Cc1csc(CO)c1S(=O)(=O)NC(C)C(C)C. The lowest BCUT2D eigenvalue weighted by Gasteiger charge is -2.18. The van der Waals surface area contributed by atoms with Crippen molar-refractivity contribution in [2.75, 3.05) is 0 Å². The fraction of sp³-hybridized carbons (Fsp3) is 0.636.